The molecule has 0 saturated carbocycles. The molecule has 0 amide bonds. The van der Waals surface area contributed by atoms with Crippen molar-refractivity contribution in [3.63, 3.8) is 0 Å². The standard InChI is InChI=1S/C26H16BNO.C26H18ClNO/c1-2-9-17(10-3-1)28-21-14-6-5-13-20(21)27-25-19(12-8-15-22(25)28)24-18-11-4-7-16-23(18)29-26(24)27;27-26-22(23-18-29-25-17-8-7-14-21(23)25)15-9-16-24(26)28(19-10-3-1-4-11-19)20-12-5-2-6-13-20/h1-16H;1-18H. The Morgan fingerprint density at radius 3 is 1.83 bits per heavy atom. The lowest BCUT2D eigenvalue weighted by Gasteiger charge is -2.35. The molecule has 0 N–H and O–H groups in total. The van der Waals surface area contributed by atoms with E-state index >= 15 is 0 Å². The van der Waals surface area contributed by atoms with Crippen molar-refractivity contribution in [2.75, 3.05) is 9.80 Å². The normalized spacial score (nSPS) is 12.2. The van der Waals surface area contributed by atoms with Gasteiger partial charge in [-0.2, -0.15) is 0 Å². The maximum absolute atomic E-state index is 7.01. The highest BCUT2D eigenvalue weighted by Crippen LogP contribution is 2.45. The Morgan fingerprint density at radius 1 is 0.483 bits per heavy atom. The predicted octanol–water partition coefficient (Wildman–Crippen LogP) is 12.9. The minimum atomic E-state index is 0.139. The van der Waals surface area contributed by atoms with E-state index in [1.54, 1.807) is 6.26 Å². The van der Waals surface area contributed by atoms with Crippen LogP contribution in [0.3, 0.4) is 0 Å². The molecule has 2 aromatic heterocycles. The second kappa shape index (κ2) is 14.1. The molecule has 0 saturated heterocycles. The van der Waals surface area contributed by atoms with Gasteiger partial charge in [-0.1, -0.05) is 145 Å². The first-order valence-corrected chi connectivity index (χ1v) is 19.9. The lowest BCUT2D eigenvalue weighted by Crippen LogP contribution is -2.54. The molecule has 0 atom stereocenters. The van der Waals surface area contributed by atoms with E-state index in [0.29, 0.717) is 5.02 Å². The molecule has 0 aliphatic carbocycles. The SMILES string of the molecule is Clc1c(-c2coc3ccccc23)cccc1N(c1ccccc1)c1ccccc1.c1ccc(N2c3ccccc3B3c4oc5ccccc5c4-c4cccc2c43)cc1. The van der Waals surface area contributed by atoms with Gasteiger partial charge in [0.15, 0.2) is 0 Å². The molecule has 2 aliphatic heterocycles. The van der Waals surface area contributed by atoms with Gasteiger partial charge in [0.1, 0.15) is 11.2 Å². The number of hydrogen-bond donors (Lipinski definition) is 0. The highest BCUT2D eigenvalue weighted by atomic mass is 35.5. The van der Waals surface area contributed by atoms with E-state index in [1.165, 1.54) is 44.5 Å². The molecule has 58 heavy (non-hydrogen) atoms. The van der Waals surface area contributed by atoms with Gasteiger partial charge >= 0.3 is 0 Å². The minimum absolute atomic E-state index is 0.139. The average molecular weight is 765 g/mol. The van der Waals surface area contributed by atoms with Crippen molar-refractivity contribution in [2.24, 2.45) is 0 Å². The highest BCUT2D eigenvalue weighted by molar-refractivity contribution is 7.01. The quantitative estimate of drug-likeness (QED) is 0.163. The van der Waals surface area contributed by atoms with Crippen molar-refractivity contribution in [1.29, 1.82) is 0 Å². The Bertz CT molecular complexity index is 3070. The van der Waals surface area contributed by atoms with Gasteiger partial charge in [-0.15, -0.1) is 0 Å². The third kappa shape index (κ3) is 5.47. The fraction of sp³-hybridized carbons (Fsp3) is 0. The summed E-state index contributed by atoms with van der Waals surface area (Å²) in [5.41, 5.74) is 16.7. The third-order valence-corrected chi connectivity index (χ3v) is 11.7. The zero-order valence-electron chi connectivity index (χ0n) is 31.3. The molecule has 0 unspecified atom stereocenters. The molecule has 6 heteroatoms. The summed E-state index contributed by atoms with van der Waals surface area (Å²) in [5.74, 6) is 0. The van der Waals surface area contributed by atoms with Gasteiger partial charge < -0.3 is 18.6 Å². The van der Waals surface area contributed by atoms with Crippen LogP contribution in [-0.2, 0) is 0 Å². The summed E-state index contributed by atoms with van der Waals surface area (Å²) < 4.78 is 12.2. The van der Waals surface area contributed by atoms with Gasteiger partial charge in [-0.25, -0.2) is 0 Å². The molecule has 0 radical (unpaired) electrons. The van der Waals surface area contributed by atoms with Gasteiger partial charge in [0.2, 0.25) is 0 Å². The number of anilines is 6. The maximum Gasteiger partial charge on any atom is 0.293 e. The third-order valence-electron chi connectivity index (χ3n) is 11.3. The summed E-state index contributed by atoms with van der Waals surface area (Å²) in [6.07, 6.45) is 1.78. The fourth-order valence-electron chi connectivity index (χ4n) is 8.83. The molecule has 8 aromatic carbocycles. The zero-order chi connectivity index (χ0) is 38.6. The van der Waals surface area contributed by atoms with Crippen molar-refractivity contribution in [3.8, 4) is 22.3 Å². The number of hydrogen-bond acceptors (Lipinski definition) is 4. The van der Waals surface area contributed by atoms with Crippen LogP contribution in [0.4, 0.5) is 34.1 Å². The van der Waals surface area contributed by atoms with Gasteiger partial charge in [0, 0.05) is 55.9 Å². The van der Waals surface area contributed by atoms with Crippen LogP contribution in [0.25, 0.3) is 44.2 Å². The molecular weight excluding hydrogens is 731 g/mol. The van der Waals surface area contributed by atoms with E-state index in [0.717, 1.165) is 50.4 Å². The van der Waals surface area contributed by atoms with E-state index in [1.807, 2.05) is 78.9 Å². The number of para-hydroxylation sites is 6. The predicted molar refractivity (Wildman–Crippen MR) is 242 cm³/mol. The Hall–Kier alpha value is -7.21. The molecule has 2 aliphatic rings. The highest BCUT2D eigenvalue weighted by Gasteiger charge is 2.45. The zero-order valence-corrected chi connectivity index (χ0v) is 32.1. The first-order valence-electron chi connectivity index (χ1n) is 19.5. The van der Waals surface area contributed by atoms with Crippen LogP contribution in [-0.4, -0.2) is 6.71 Å². The second-order valence-electron chi connectivity index (χ2n) is 14.5. The van der Waals surface area contributed by atoms with Gasteiger partial charge in [-0.05, 0) is 83.2 Å². The number of fused-ring (bicyclic) bond motifs is 8. The molecule has 0 bridgehead atoms. The number of benzene rings is 8. The van der Waals surface area contributed by atoms with E-state index in [-0.39, 0.29) is 6.71 Å². The molecular formula is C52H34BClN2O2. The van der Waals surface area contributed by atoms with Crippen molar-refractivity contribution in [2.45, 2.75) is 0 Å². The van der Waals surface area contributed by atoms with Crippen LogP contribution >= 0.6 is 11.6 Å². The van der Waals surface area contributed by atoms with Crippen LogP contribution in [0, 0.1) is 0 Å². The molecule has 0 fully saturated rings. The Balaban J connectivity index is 0.000000133. The Morgan fingerprint density at radius 2 is 1.07 bits per heavy atom. The molecule has 10 aromatic rings. The van der Waals surface area contributed by atoms with Crippen molar-refractivity contribution in [3.05, 3.63) is 211 Å². The van der Waals surface area contributed by atoms with Crippen molar-refractivity contribution < 1.29 is 8.83 Å². The first-order chi connectivity index (χ1) is 28.7. The monoisotopic (exact) mass is 764 g/mol. The van der Waals surface area contributed by atoms with Crippen molar-refractivity contribution in [1.82, 2.24) is 0 Å². The lowest BCUT2D eigenvalue weighted by atomic mass is 9.39. The van der Waals surface area contributed by atoms with E-state index < -0.39 is 0 Å². The fourth-order valence-corrected chi connectivity index (χ4v) is 9.14. The van der Waals surface area contributed by atoms with Gasteiger partial charge in [0.05, 0.1) is 22.6 Å². The van der Waals surface area contributed by atoms with Crippen LogP contribution < -0.4 is 26.4 Å². The van der Waals surface area contributed by atoms with Gasteiger partial charge in [-0.3, -0.25) is 0 Å². The molecule has 4 heterocycles. The summed E-state index contributed by atoms with van der Waals surface area (Å²) in [4.78, 5) is 4.56. The summed E-state index contributed by atoms with van der Waals surface area (Å²) in [6.45, 7) is 0.139. The van der Waals surface area contributed by atoms with Crippen molar-refractivity contribution >= 4 is 91.0 Å². The molecule has 12 rings (SSSR count). The summed E-state index contributed by atoms with van der Waals surface area (Å²) in [5, 5.41) is 2.94. The summed E-state index contributed by atoms with van der Waals surface area (Å²) in [6, 6.07) is 69.1. The Labute approximate surface area is 341 Å². The average Bonchev–Trinajstić information content (AvgIpc) is 3.98. The van der Waals surface area contributed by atoms with Crippen LogP contribution in [0.1, 0.15) is 0 Å². The van der Waals surface area contributed by atoms with E-state index in [2.05, 4.69) is 131 Å². The molecule has 274 valence electrons. The summed E-state index contributed by atoms with van der Waals surface area (Å²) in [7, 11) is 0. The largest absolute Gasteiger partial charge is 0.470 e. The second-order valence-corrected chi connectivity index (χ2v) is 14.9. The molecule has 0 spiro atoms. The van der Waals surface area contributed by atoms with Crippen LogP contribution in [0.5, 0.6) is 0 Å². The van der Waals surface area contributed by atoms with Crippen LogP contribution in [0.15, 0.2) is 215 Å². The van der Waals surface area contributed by atoms with E-state index in [4.69, 9.17) is 20.4 Å². The maximum atomic E-state index is 7.01. The van der Waals surface area contributed by atoms with Gasteiger partial charge in [0.25, 0.3) is 6.71 Å². The van der Waals surface area contributed by atoms with E-state index in [9.17, 15) is 0 Å². The topological polar surface area (TPSA) is 32.8 Å². The minimum Gasteiger partial charge on any atom is -0.470 e. The number of nitrogens with zero attached hydrogens (tertiary/aromatic N) is 2. The number of halogens is 1. The first kappa shape index (κ1) is 34.1. The Kier molecular flexibility index (Phi) is 8.27. The molecule has 4 nitrogen and oxygen atoms in total. The summed E-state index contributed by atoms with van der Waals surface area (Å²) >= 11 is 7.01. The smallest absolute Gasteiger partial charge is 0.293 e. The lowest BCUT2D eigenvalue weighted by molar-refractivity contribution is 0.617. The van der Waals surface area contributed by atoms with Crippen LogP contribution in [0.2, 0.25) is 5.02 Å². The number of rotatable bonds is 5. The number of furan rings is 2.